The molecule has 3 heterocycles. The molecule has 0 saturated heterocycles. The highest BCUT2D eigenvalue weighted by molar-refractivity contribution is 6.00. The molecule has 3 aromatic rings. The van der Waals surface area contributed by atoms with Crippen LogP contribution in [0.15, 0.2) is 47.8 Å². The molecular formula is C19H14FN3O3. The summed E-state index contributed by atoms with van der Waals surface area (Å²) in [7, 11) is 1.42. The molecule has 2 aliphatic rings. The van der Waals surface area contributed by atoms with Crippen molar-refractivity contribution in [3.63, 3.8) is 0 Å². The summed E-state index contributed by atoms with van der Waals surface area (Å²) < 4.78 is 24.3. The van der Waals surface area contributed by atoms with E-state index in [0.717, 1.165) is 33.4 Å². The maximum atomic E-state index is 13.9. The first kappa shape index (κ1) is 14.9. The largest absolute Gasteiger partial charge is 0.494 e. The van der Waals surface area contributed by atoms with Gasteiger partial charge in [-0.2, -0.15) is 5.10 Å². The van der Waals surface area contributed by atoms with Crippen molar-refractivity contribution in [2.75, 3.05) is 19.0 Å². The van der Waals surface area contributed by atoms with E-state index in [9.17, 15) is 9.18 Å². The van der Waals surface area contributed by atoms with Crippen LogP contribution in [0.5, 0.6) is 5.75 Å². The van der Waals surface area contributed by atoms with Crippen LogP contribution in [-0.2, 0) is 9.53 Å². The molecule has 5 rings (SSSR count). The number of carbonyl (C=O) groups excluding carboxylic acids is 1. The van der Waals surface area contributed by atoms with Gasteiger partial charge in [0.25, 0.3) is 0 Å². The number of aromatic nitrogens is 2. The molecule has 1 aromatic heterocycles. The molecule has 0 bridgehead atoms. The number of carbonyl (C=O) groups is 1. The number of fused-ring (bicyclic) bond motifs is 3. The van der Waals surface area contributed by atoms with Crippen LogP contribution in [0.25, 0.3) is 10.9 Å². The number of hydrogen-bond acceptors (Lipinski definition) is 5. The van der Waals surface area contributed by atoms with Gasteiger partial charge in [-0.05, 0) is 29.8 Å². The van der Waals surface area contributed by atoms with E-state index in [-0.39, 0.29) is 18.3 Å². The van der Waals surface area contributed by atoms with Gasteiger partial charge in [-0.15, -0.1) is 0 Å². The first-order chi connectivity index (χ1) is 12.7. The number of halogens is 1. The molecule has 0 fully saturated rings. The van der Waals surface area contributed by atoms with E-state index >= 15 is 0 Å². The standard InChI is InChI=1S/C19H14FN3O3/c1-25-14-6-9(2-4-11(14)20)15-16-12(5-3-10-7-21-23-18(10)16)22-13-8-26-19(24)17(13)15/h2-7,15,22H,8H2,1H3,(H,21,23). The Labute approximate surface area is 147 Å². The van der Waals surface area contributed by atoms with Gasteiger partial charge in [-0.1, -0.05) is 6.07 Å². The topological polar surface area (TPSA) is 76.2 Å². The van der Waals surface area contributed by atoms with Crippen molar-refractivity contribution in [1.29, 1.82) is 0 Å². The van der Waals surface area contributed by atoms with Crippen molar-refractivity contribution in [2.24, 2.45) is 0 Å². The van der Waals surface area contributed by atoms with E-state index in [1.807, 2.05) is 12.1 Å². The Bertz CT molecular complexity index is 1100. The summed E-state index contributed by atoms with van der Waals surface area (Å²) in [5.41, 5.74) is 4.59. The predicted octanol–water partition coefficient (Wildman–Crippen LogP) is 3.08. The lowest BCUT2D eigenvalue weighted by molar-refractivity contribution is -0.136. The first-order valence-corrected chi connectivity index (χ1v) is 8.14. The minimum Gasteiger partial charge on any atom is -0.494 e. The smallest absolute Gasteiger partial charge is 0.337 e. The van der Waals surface area contributed by atoms with Gasteiger partial charge in [-0.25, -0.2) is 9.18 Å². The van der Waals surface area contributed by atoms with E-state index < -0.39 is 11.7 Å². The second kappa shape index (κ2) is 5.32. The van der Waals surface area contributed by atoms with Gasteiger partial charge < -0.3 is 14.8 Å². The minimum atomic E-state index is -0.451. The highest BCUT2D eigenvalue weighted by atomic mass is 19.1. The number of anilines is 1. The van der Waals surface area contributed by atoms with E-state index in [1.165, 1.54) is 13.2 Å². The Morgan fingerprint density at radius 1 is 1.31 bits per heavy atom. The molecule has 2 aromatic carbocycles. The second-order valence-corrected chi connectivity index (χ2v) is 6.28. The molecule has 6 nitrogen and oxygen atoms in total. The van der Waals surface area contributed by atoms with Gasteiger partial charge in [0.1, 0.15) is 6.61 Å². The van der Waals surface area contributed by atoms with Crippen LogP contribution in [0.2, 0.25) is 0 Å². The third kappa shape index (κ3) is 1.97. The van der Waals surface area contributed by atoms with Gasteiger partial charge in [0, 0.05) is 22.6 Å². The molecule has 1 atom stereocenters. The molecular weight excluding hydrogens is 337 g/mol. The lowest BCUT2D eigenvalue weighted by atomic mass is 9.80. The summed E-state index contributed by atoms with van der Waals surface area (Å²) in [6.45, 7) is 0.198. The molecule has 0 saturated carbocycles. The summed E-state index contributed by atoms with van der Waals surface area (Å²) >= 11 is 0. The Morgan fingerprint density at radius 3 is 3.04 bits per heavy atom. The number of nitrogens with zero attached hydrogens (tertiary/aromatic N) is 1. The number of nitrogens with one attached hydrogen (secondary N) is 2. The van der Waals surface area contributed by atoms with Crippen LogP contribution in [0.4, 0.5) is 10.1 Å². The van der Waals surface area contributed by atoms with Crippen LogP contribution < -0.4 is 10.1 Å². The van der Waals surface area contributed by atoms with Crippen LogP contribution in [-0.4, -0.2) is 29.9 Å². The van der Waals surface area contributed by atoms with Crippen LogP contribution >= 0.6 is 0 Å². The molecule has 0 spiro atoms. The van der Waals surface area contributed by atoms with E-state index in [4.69, 9.17) is 9.47 Å². The van der Waals surface area contributed by atoms with Gasteiger partial charge in [0.2, 0.25) is 0 Å². The zero-order valence-corrected chi connectivity index (χ0v) is 13.8. The Hall–Kier alpha value is -3.35. The van der Waals surface area contributed by atoms with E-state index in [0.29, 0.717) is 5.57 Å². The molecule has 130 valence electrons. The average molecular weight is 351 g/mol. The quantitative estimate of drug-likeness (QED) is 0.694. The Kier molecular flexibility index (Phi) is 3.06. The second-order valence-electron chi connectivity index (χ2n) is 6.28. The zero-order valence-electron chi connectivity index (χ0n) is 13.8. The van der Waals surface area contributed by atoms with Crippen molar-refractivity contribution in [2.45, 2.75) is 5.92 Å². The maximum absolute atomic E-state index is 13.9. The summed E-state index contributed by atoms with van der Waals surface area (Å²) in [5, 5.41) is 11.4. The minimum absolute atomic E-state index is 0.132. The SMILES string of the molecule is COc1cc(C2C3=C(COC3=O)Nc3ccc4cn[nH]c4c32)ccc1F. The number of methoxy groups -OCH3 is 1. The summed E-state index contributed by atoms with van der Waals surface area (Å²) in [6, 6.07) is 8.55. The number of aromatic amines is 1. The molecule has 1 unspecified atom stereocenters. The predicted molar refractivity (Wildman–Crippen MR) is 92.5 cm³/mol. The van der Waals surface area contributed by atoms with Gasteiger partial charge in [0.05, 0.1) is 30.1 Å². The zero-order chi connectivity index (χ0) is 17.8. The van der Waals surface area contributed by atoms with Gasteiger partial charge in [0.15, 0.2) is 11.6 Å². The fraction of sp³-hybridized carbons (Fsp3) is 0.158. The molecule has 26 heavy (non-hydrogen) atoms. The number of ether oxygens (including phenoxy) is 2. The molecule has 0 radical (unpaired) electrons. The fourth-order valence-electron chi connectivity index (χ4n) is 3.75. The lowest BCUT2D eigenvalue weighted by Crippen LogP contribution is -2.20. The molecule has 2 aliphatic heterocycles. The third-order valence-corrected chi connectivity index (χ3v) is 4.92. The van der Waals surface area contributed by atoms with Gasteiger partial charge >= 0.3 is 5.97 Å². The van der Waals surface area contributed by atoms with E-state index in [1.54, 1.807) is 18.3 Å². The number of hydrogen-bond donors (Lipinski definition) is 2. The third-order valence-electron chi connectivity index (χ3n) is 4.92. The number of rotatable bonds is 2. The van der Waals surface area contributed by atoms with Crippen LogP contribution in [0.1, 0.15) is 17.0 Å². The van der Waals surface area contributed by atoms with Crippen LogP contribution in [0, 0.1) is 5.82 Å². The Morgan fingerprint density at radius 2 is 2.19 bits per heavy atom. The lowest BCUT2D eigenvalue weighted by Gasteiger charge is -2.27. The Balaban J connectivity index is 1.81. The fourth-order valence-corrected chi connectivity index (χ4v) is 3.75. The number of benzene rings is 2. The first-order valence-electron chi connectivity index (χ1n) is 8.14. The van der Waals surface area contributed by atoms with Crippen molar-refractivity contribution in [1.82, 2.24) is 10.2 Å². The molecule has 0 aliphatic carbocycles. The molecule has 7 heteroatoms. The number of cyclic esters (lactones) is 1. The van der Waals surface area contributed by atoms with E-state index in [2.05, 4.69) is 15.5 Å². The number of esters is 1. The van der Waals surface area contributed by atoms with Crippen molar-refractivity contribution in [3.8, 4) is 5.75 Å². The van der Waals surface area contributed by atoms with Crippen LogP contribution in [0.3, 0.4) is 0 Å². The van der Waals surface area contributed by atoms with Crippen molar-refractivity contribution in [3.05, 3.63) is 64.7 Å². The van der Waals surface area contributed by atoms with Crippen molar-refractivity contribution >= 4 is 22.6 Å². The summed E-state index contributed by atoms with van der Waals surface area (Å²) in [4.78, 5) is 12.4. The average Bonchev–Trinajstić information content (AvgIpc) is 3.27. The summed E-state index contributed by atoms with van der Waals surface area (Å²) in [5.74, 6) is -1.10. The highest BCUT2D eigenvalue weighted by Gasteiger charge is 2.39. The van der Waals surface area contributed by atoms with Gasteiger partial charge in [-0.3, -0.25) is 5.10 Å². The monoisotopic (exact) mass is 351 g/mol. The highest BCUT2D eigenvalue weighted by Crippen LogP contribution is 2.47. The summed E-state index contributed by atoms with van der Waals surface area (Å²) in [6.07, 6.45) is 1.73. The molecule has 0 amide bonds. The molecule has 2 N–H and O–H groups in total. The number of H-pyrrole nitrogens is 1. The normalized spacial score (nSPS) is 18.4. The maximum Gasteiger partial charge on any atom is 0.337 e. The van der Waals surface area contributed by atoms with Crippen molar-refractivity contribution < 1.29 is 18.7 Å².